The predicted molar refractivity (Wildman–Crippen MR) is 91.7 cm³/mol. The summed E-state index contributed by atoms with van der Waals surface area (Å²) in [6.07, 6.45) is 1.55. The van der Waals surface area contributed by atoms with Crippen molar-refractivity contribution in [1.29, 1.82) is 0 Å². The summed E-state index contributed by atoms with van der Waals surface area (Å²) in [6.45, 7) is 0.286. The van der Waals surface area contributed by atoms with Gasteiger partial charge in [0.2, 0.25) is 0 Å². The van der Waals surface area contributed by atoms with Crippen LogP contribution in [0.3, 0.4) is 0 Å². The van der Waals surface area contributed by atoms with Gasteiger partial charge in [-0.3, -0.25) is 4.79 Å². The first-order chi connectivity index (χ1) is 11.6. The van der Waals surface area contributed by atoms with Crippen LogP contribution in [-0.4, -0.2) is 16.1 Å². The Morgan fingerprint density at radius 2 is 1.88 bits per heavy atom. The molecule has 122 valence electrons. The zero-order valence-electron chi connectivity index (χ0n) is 12.3. The molecule has 2 heterocycles. The molecule has 3 aromatic rings. The van der Waals surface area contributed by atoms with Crippen LogP contribution in [0.4, 0.5) is 11.5 Å². The average molecular weight is 363 g/mol. The van der Waals surface area contributed by atoms with Gasteiger partial charge < -0.3 is 15.1 Å². The molecule has 8 heteroatoms. The SMILES string of the molecule is O=C(NCc1ccco1)c1ccc(Nc2cc(Cl)cc(Cl)c2)nn1. The molecule has 1 aromatic carbocycles. The van der Waals surface area contributed by atoms with Crippen molar-refractivity contribution >= 4 is 40.6 Å². The molecule has 2 N–H and O–H groups in total. The molecule has 6 nitrogen and oxygen atoms in total. The quantitative estimate of drug-likeness (QED) is 0.715. The lowest BCUT2D eigenvalue weighted by atomic mass is 10.3. The smallest absolute Gasteiger partial charge is 0.272 e. The average Bonchev–Trinajstić information content (AvgIpc) is 3.06. The minimum Gasteiger partial charge on any atom is -0.467 e. The Hall–Kier alpha value is -2.57. The summed E-state index contributed by atoms with van der Waals surface area (Å²) in [4.78, 5) is 12.0. The Morgan fingerprint density at radius 1 is 1.08 bits per heavy atom. The summed E-state index contributed by atoms with van der Waals surface area (Å²) in [5.41, 5.74) is 0.882. The van der Waals surface area contributed by atoms with Gasteiger partial charge in [0, 0.05) is 15.7 Å². The van der Waals surface area contributed by atoms with Gasteiger partial charge in [0.15, 0.2) is 11.5 Å². The molecule has 0 radical (unpaired) electrons. The van der Waals surface area contributed by atoms with Gasteiger partial charge in [-0.25, -0.2) is 0 Å². The maximum Gasteiger partial charge on any atom is 0.272 e. The highest BCUT2D eigenvalue weighted by Gasteiger charge is 2.09. The molecule has 0 aliphatic rings. The highest BCUT2D eigenvalue weighted by molar-refractivity contribution is 6.35. The van der Waals surface area contributed by atoms with Crippen LogP contribution in [0.2, 0.25) is 10.0 Å². The minimum absolute atomic E-state index is 0.205. The van der Waals surface area contributed by atoms with Gasteiger partial charge in [0.05, 0.1) is 12.8 Å². The number of amides is 1. The Morgan fingerprint density at radius 3 is 2.50 bits per heavy atom. The van der Waals surface area contributed by atoms with Crippen molar-refractivity contribution in [3.63, 3.8) is 0 Å². The summed E-state index contributed by atoms with van der Waals surface area (Å²) in [7, 11) is 0. The molecule has 0 fully saturated rings. The Kier molecular flexibility index (Phi) is 4.98. The van der Waals surface area contributed by atoms with Crippen molar-refractivity contribution in [2.24, 2.45) is 0 Å². The van der Waals surface area contributed by atoms with Gasteiger partial charge in [-0.1, -0.05) is 23.2 Å². The summed E-state index contributed by atoms with van der Waals surface area (Å²) >= 11 is 11.9. The Labute approximate surface area is 147 Å². The normalized spacial score (nSPS) is 10.4. The number of aromatic nitrogens is 2. The summed E-state index contributed by atoms with van der Waals surface area (Å²) < 4.78 is 5.14. The number of nitrogens with one attached hydrogen (secondary N) is 2. The lowest BCUT2D eigenvalue weighted by Gasteiger charge is -2.07. The van der Waals surface area contributed by atoms with Crippen LogP contribution in [0.25, 0.3) is 0 Å². The fourth-order valence-corrected chi connectivity index (χ4v) is 2.49. The maximum atomic E-state index is 12.0. The molecule has 1 amide bonds. The molecule has 0 unspecified atom stereocenters. The minimum atomic E-state index is -0.337. The van der Waals surface area contributed by atoms with Gasteiger partial charge in [-0.05, 0) is 42.5 Å². The monoisotopic (exact) mass is 362 g/mol. The molecule has 0 spiro atoms. The number of nitrogens with zero attached hydrogens (tertiary/aromatic N) is 2. The van der Waals surface area contributed by atoms with Crippen LogP contribution in [0.5, 0.6) is 0 Å². The van der Waals surface area contributed by atoms with Crippen LogP contribution in [0.1, 0.15) is 16.2 Å². The van der Waals surface area contributed by atoms with Crippen LogP contribution in [0.15, 0.2) is 53.1 Å². The van der Waals surface area contributed by atoms with E-state index in [1.54, 1.807) is 48.7 Å². The van der Waals surface area contributed by atoms with Crippen molar-refractivity contribution in [1.82, 2.24) is 15.5 Å². The highest BCUT2D eigenvalue weighted by Crippen LogP contribution is 2.24. The van der Waals surface area contributed by atoms with Gasteiger partial charge >= 0.3 is 0 Å². The van der Waals surface area contributed by atoms with Crippen molar-refractivity contribution in [3.8, 4) is 0 Å². The number of carbonyl (C=O) groups excluding carboxylic acids is 1. The second-order valence-corrected chi connectivity index (χ2v) is 5.72. The summed E-state index contributed by atoms with van der Waals surface area (Å²) in [5, 5.41) is 14.6. The summed E-state index contributed by atoms with van der Waals surface area (Å²) in [6, 6.07) is 11.8. The van der Waals surface area contributed by atoms with Crippen LogP contribution >= 0.6 is 23.2 Å². The van der Waals surface area contributed by atoms with Crippen LogP contribution in [0, 0.1) is 0 Å². The number of halogens is 2. The predicted octanol–water partition coefficient (Wildman–Crippen LogP) is 4.05. The number of rotatable bonds is 5. The van der Waals surface area contributed by atoms with E-state index in [-0.39, 0.29) is 18.1 Å². The highest BCUT2D eigenvalue weighted by atomic mass is 35.5. The molecular weight excluding hydrogens is 351 g/mol. The van der Waals surface area contributed by atoms with Crippen molar-refractivity contribution < 1.29 is 9.21 Å². The number of hydrogen-bond acceptors (Lipinski definition) is 5. The number of benzene rings is 1. The van der Waals surface area contributed by atoms with Crippen molar-refractivity contribution in [2.75, 3.05) is 5.32 Å². The summed E-state index contributed by atoms with van der Waals surface area (Å²) in [5.74, 6) is 0.791. The third-order valence-electron chi connectivity index (χ3n) is 3.04. The van der Waals surface area contributed by atoms with Gasteiger partial charge in [-0.2, -0.15) is 0 Å². The molecule has 3 rings (SSSR count). The third-order valence-corrected chi connectivity index (χ3v) is 3.47. The van der Waals surface area contributed by atoms with Gasteiger partial charge in [0.1, 0.15) is 5.76 Å². The fraction of sp³-hybridized carbons (Fsp3) is 0.0625. The van der Waals surface area contributed by atoms with E-state index in [4.69, 9.17) is 27.6 Å². The Balaban J connectivity index is 1.63. The van der Waals surface area contributed by atoms with E-state index in [2.05, 4.69) is 20.8 Å². The first-order valence-corrected chi connectivity index (χ1v) is 7.73. The van der Waals surface area contributed by atoms with E-state index in [1.165, 1.54) is 0 Å². The molecule has 2 aromatic heterocycles. The number of hydrogen-bond donors (Lipinski definition) is 2. The zero-order valence-corrected chi connectivity index (χ0v) is 13.8. The molecule has 0 saturated heterocycles. The van der Waals surface area contributed by atoms with Crippen molar-refractivity contribution in [2.45, 2.75) is 6.54 Å². The second-order valence-electron chi connectivity index (χ2n) is 4.85. The number of carbonyl (C=O) groups is 1. The van der Waals surface area contributed by atoms with E-state index in [0.29, 0.717) is 27.3 Å². The number of furan rings is 1. The molecule has 0 aliphatic heterocycles. The van der Waals surface area contributed by atoms with E-state index in [9.17, 15) is 4.79 Å². The first-order valence-electron chi connectivity index (χ1n) is 6.97. The lowest BCUT2D eigenvalue weighted by molar-refractivity contribution is 0.0942. The maximum absolute atomic E-state index is 12.0. The molecule has 0 aliphatic carbocycles. The van der Waals surface area contributed by atoms with Crippen molar-refractivity contribution in [3.05, 3.63) is 70.2 Å². The van der Waals surface area contributed by atoms with E-state index in [0.717, 1.165) is 0 Å². The molecular formula is C16H12Cl2N4O2. The van der Waals surface area contributed by atoms with Crippen LogP contribution in [-0.2, 0) is 6.54 Å². The largest absolute Gasteiger partial charge is 0.467 e. The van der Waals surface area contributed by atoms with E-state index >= 15 is 0 Å². The second kappa shape index (κ2) is 7.33. The molecule has 0 bridgehead atoms. The van der Waals surface area contributed by atoms with Crippen LogP contribution < -0.4 is 10.6 Å². The zero-order chi connectivity index (χ0) is 16.9. The van der Waals surface area contributed by atoms with Gasteiger partial charge in [0.25, 0.3) is 5.91 Å². The topological polar surface area (TPSA) is 80.0 Å². The fourth-order valence-electron chi connectivity index (χ4n) is 1.97. The van der Waals surface area contributed by atoms with E-state index in [1.807, 2.05) is 0 Å². The molecule has 0 saturated carbocycles. The first kappa shape index (κ1) is 16.3. The molecule has 24 heavy (non-hydrogen) atoms. The standard InChI is InChI=1S/C16H12Cl2N4O2/c17-10-6-11(18)8-12(7-10)20-15-4-3-14(21-22-15)16(23)19-9-13-2-1-5-24-13/h1-8H,9H2,(H,19,23)(H,20,22). The third kappa shape index (κ3) is 4.24. The van der Waals surface area contributed by atoms with E-state index < -0.39 is 0 Å². The lowest BCUT2D eigenvalue weighted by Crippen LogP contribution is -2.23. The molecule has 0 atom stereocenters. The van der Waals surface area contributed by atoms with Gasteiger partial charge in [-0.15, -0.1) is 10.2 Å². The number of anilines is 2. The Bertz CT molecular complexity index is 816.